The minimum atomic E-state index is -4.31. The molecule has 1 unspecified atom stereocenters. The van der Waals surface area contributed by atoms with Crippen LogP contribution in [-0.2, 0) is 10.9 Å². The van der Waals surface area contributed by atoms with Crippen molar-refractivity contribution in [1.82, 2.24) is 0 Å². The van der Waals surface area contributed by atoms with Gasteiger partial charge < -0.3 is 4.74 Å². The zero-order chi connectivity index (χ0) is 18.9. The maximum Gasteiger partial charge on any atom is 0.416 e. The molecule has 25 heavy (non-hydrogen) atoms. The SMILES string of the molecule is CCCCCCCCC(c1cccc(C(F)(F)F)c1)C(C)(C)OCC. The molecule has 0 heterocycles. The molecule has 0 aliphatic rings. The molecule has 0 N–H and O–H groups in total. The maximum absolute atomic E-state index is 13.1. The molecule has 1 aromatic carbocycles. The largest absolute Gasteiger partial charge is 0.416 e. The summed E-state index contributed by atoms with van der Waals surface area (Å²) in [5.74, 6) is -0.0408. The molecule has 0 fully saturated rings. The Kier molecular flexibility index (Phi) is 8.98. The summed E-state index contributed by atoms with van der Waals surface area (Å²) in [5.41, 5.74) is -0.338. The number of unbranched alkanes of at least 4 members (excludes halogenated alkanes) is 5. The van der Waals surface area contributed by atoms with Crippen LogP contribution in [0.25, 0.3) is 0 Å². The molecule has 1 nitrogen and oxygen atoms in total. The van der Waals surface area contributed by atoms with Crippen LogP contribution in [0.2, 0.25) is 0 Å². The van der Waals surface area contributed by atoms with E-state index in [0.29, 0.717) is 6.61 Å². The zero-order valence-electron chi connectivity index (χ0n) is 16.1. The molecule has 144 valence electrons. The van der Waals surface area contributed by atoms with Gasteiger partial charge in [-0.05, 0) is 38.8 Å². The van der Waals surface area contributed by atoms with Crippen molar-refractivity contribution in [2.24, 2.45) is 0 Å². The lowest BCUT2D eigenvalue weighted by atomic mass is 9.80. The first-order valence-corrected chi connectivity index (χ1v) is 9.53. The summed E-state index contributed by atoms with van der Waals surface area (Å²) in [6, 6.07) is 5.74. The minimum Gasteiger partial charge on any atom is -0.375 e. The van der Waals surface area contributed by atoms with Crippen molar-refractivity contribution >= 4 is 0 Å². The number of ether oxygens (including phenoxy) is 1. The second-order valence-corrected chi connectivity index (χ2v) is 7.27. The predicted molar refractivity (Wildman–Crippen MR) is 97.9 cm³/mol. The minimum absolute atomic E-state index is 0.0408. The molecule has 0 spiro atoms. The third kappa shape index (κ3) is 7.39. The van der Waals surface area contributed by atoms with Gasteiger partial charge in [-0.15, -0.1) is 0 Å². The molecule has 0 aromatic heterocycles. The van der Waals surface area contributed by atoms with E-state index in [0.717, 1.165) is 30.9 Å². The second-order valence-electron chi connectivity index (χ2n) is 7.27. The summed E-state index contributed by atoms with van der Waals surface area (Å²) in [7, 11) is 0. The summed E-state index contributed by atoms with van der Waals surface area (Å²) in [5, 5.41) is 0. The van der Waals surface area contributed by atoms with Crippen LogP contribution in [0.1, 0.15) is 89.7 Å². The van der Waals surface area contributed by atoms with Gasteiger partial charge in [0.05, 0.1) is 11.2 Å². The highest BCUT2D eigenvalue weighted by Crippen LogP contribution is 2.38. The van der Waals surface area contributed by atoms with Crippen molar-refractivity contribution in [1.29, 1.82) is 0 Å². The van der Waals surface area contributed by atoms with E-state index in [1.807, 2.05) is 20.8 Å². The summed E-state index contributed by atoms with van der Waals surface area (Å²) < 4.78 is 45.1. The molecule has 0 saturated carbocycles. The molecule has 0 radical (unpaired) electrons. The van der Waals surface area contributed by atoms with Crippen LogP contribution in [0.15, 0.2) is 24.3 Å². The lowest BCUT2D eigenvalue weighted by Gasteiger charge is -2.35. The van der Waals surface area contributed by atoms with Crippen LogP contribution in [0.4, 0.5) is 13.2 Å². The molecule has 0 bridgehead atoms. The second kappa shape index (κ2) is 10.2. The van der Waals surface area contributed by atoms with Gasteiger partial charge in [-0.1, -0.05) is 63.6 Å². The van der Waals surface area contributed by atoms with Crippen molar-refractivity contribution in [3.63, 3.8) is 0 Å². The molecule has 1 rings (SSSR count). The Bertz CT molecular complexity index is 494. The summed E-state index contributed by atoms with van der Waals surface area (Å²) in [4.78, 5) is 0. The average molecular weight is 358 g/mol. The molecule has 0 saturated heterocycles. The summed E-state index contributed by atoms with van der Waals surface area (Å²) in [6.07, 6.45) is 3.57. The Morgan fingerprint density at radius 3 is 2.20 bits per heavy atom. The topological polar surface area (TPSA) is 9.23 Å². The number of benzene rings is 1. The molecule has 4 heteroatoms. The van der Waals surface area contributed by atoms with Crippen molar-refractivity contribution in [2.45, 2.75) is 90.3 Å². The van der Waals surface area contributed by atoms with E-state index < -0.39 is 17.3 Å². The fourth-order valence-electron chi connectivity index (χ4n) is 3.45. The lowest BCUT2D eigenvalue weighted by molar-refractivity contribution is -0.137. The fourth-order valence-corrected chi connectivity index (χ4v) is 3.45. The van der Waals surface area contributed by atoms with E-state index in [-0.39, 0.29) is 5.92 Å². The van der Waals surface area contributed by atoms with Crippen molar-refractivity contribution in [2.75, 3.05) is 6.61 Å². The first-order chi connectivity index (χ1) is 11.7. The van der Waals surface area contributed by atoms with Crippen LogP contribution < -0.4 is 0 Å². The number of halogens is 3. The Balaban J connectivity index is 2.88. The smallest absolute Gasteiger partial charge is 0.375 e. The molecule has 0 aliphatic heterocycles. The van der Waals surface area contributed by atoms with Gasteiger partial charge >= 0.3 is 6.18 Å². The standard InChI is InChI=1S/C21H33F3O/c1-5-7-8-9-10-11-15-19(20(3,4)25-6-2)17-13-12-14-18(16-17)21(22,23)24/h12-14,16,19H,5-11,15H2,1-4H3. The summed E-state index contributed by atoms with van der Waals surface area (Å²) in [6.45, 7) is 8.64. The van der Waals surface area contributed by atoms with Gasteiger partial charge in [-0.2, -0.15) is 13.2 Å². The van der Waals surface area contributed by atoms with Crippen molar-refractivity contribution in [3.8, 4) is 0 Å². The first kappa shape index (κ1) is 22.0. The van der Waals surface area contributed by atoms with Crippen LogP contribution in [-0.4, -0.2) is 12.2 Å². The Morgan fingerprint density at radius 1 is 0.960 bits per heavy atom. The summed E-state index contributed by atoms with van der Waals surface area (Å²) >= 11 is 0. The van der Waals surface area contributed by atoms with Gasteiger partial charge in [-0.3, -0.25) is 0 Å². The highest BCUT2D eigenvalue weighted by Gasteiger charge is 2.34. The first-order valence-electron chi connectivity index (χ1n) is 9.53. The average Bonchev–Trinajstić information content (AvgIpc) is 2.53. The number of hydrogen-bond donors (Lipinski definition) is 0. The van der Waals surface area contributed by atoms with Crippen LogP contribution >= 0.6 is 0 Å². The van der Waals surface area contributed by atoms with E-state index in [4.69, 9.17) is 4.74 Å². The highest BCUT2D eigenvalue weighted by molar-refractivity contribution is 5.30. The van der Waals surface area contributed by atoms with Crippen LogP contribution in [0.5, 0.6) is 0 Å². The van der Waals surface area contributed by atoms with Gasteiger partial charge in [0.1, 0.15) is 0 Å². The van der Waals surface area contributed by atoms with Gasteiger partial charge in [0, 0.05) is 12.5 Å². The number of rotatable bonds is 11. The third-order valence-electron chi connectivity index (χ3n) is 4.82. The molecular weight excluding hydrogens is 325 g/mol. The van der Waals surface area contributed by atoms with E-state index in [1.165, 1.54) is 37.8 Å². The zero-order valence-corrected chi connectivity index (χ0v) is 16.1. The monoisotopic (exact) mass is 358 g/mol. The lowest BCUT2D eigenvalue weighted by Crippen LogP contribution is -2.33. The van der Waals surface area contributed by atoms with Crippen molar-refractivity contribution in [3.05, 3.63) is 35.4 Å². The van der Waals surface area contributed by atoms with E-state index in [1.54, 1.807) is 6.07 Å². The normalized spacial score (nSPS) is 13.9. The van der Waals surface area contributed by atoms with E-state index in [9.17, 15) is 13.2 Å². The molecule has 0 aliphatic carbocycles. The molecular formula is C21H33F3O. The van der Waals surface area contributed by atoms with Gasteiger partial charge in [0.15, 0.2) is 0 Å². The molecule has 0 amide bonds. The van der Waals surface area contributed by atoms with Crippen LogP contribution in [0, 0.1) is 0 Å². The van der Waals surface area contributed by atoms with E-state index in [2.05, 4.69) is 6.92 Å². The number of hydrogen-bond acceptors (Lipinski definition) is 1. The Hall–Kier alpha value is -1.03. The van der Waals surface area contributed by atoms with Crippen molar-refractivity contribution < 1.29 is 17.9 Å². The van der Waals surface area contributed by atoms with E-state index >= 15 is 0 Å². The predicted octanol–water partition coefficient (Wildman–Crippen LogP) is 7.35. The molecule has 1 atom stereocenters. The Morgan fingerprint density at radius 2 is 1.60 bits per heavy atom. The number of alkyl halides is 3. The highest BCUT2D eigenvalue weighted by atomic mass is 19.4. The van der Waals surface area contributed by atoms with Gasteiger partial charge in [0.2, 0.25) is 0 Å². The Labute approximate surface area is 151 Å². The maximum atomic E-state index is 13.1. The van der Waals surface area contributed by atoms with Gasteiger partial charge in [0.25, 0.3) is 0 Å². The third-order valence-corrected chi connectivity index (χ3v) is 4.82. The quantitative estimate of drug-likeness (QED) is 0.376. The van der Waals surface area contributed by atoms with Gasteiger partial charge in [-0.25, -0.2) is 0 Å². The fraction of sp³-hybridized carbons (Fsp3) is 0.714. The van der Waals surface area contributed by atoms with Crippen LogP contribution in [0.3, 0.4) is 0 Å². The molecule has 1 aromatic rings.